The SMILES string of the molecule is C=CCO[NH+](C)C. The first-order valence-corrected chi connectivity index (χ1v) is 2.31. The standard InChI is InChI=1S/C5H11NO/c1-4-5-7-6(2)3/h4H,1,5H2,2-3H3/p+1. The number of hydrogen-bond donors (Lipinski definition) is 1. The van der Waals surface area contributed by atoms with Gasteiger partial charge in [-0.15, -0.1) is 6.58 Å². The van der Waals surface area contributed by atoms with E-state index in [4.69, 9.17) is 4.84 Å². The normalized spacial score (nSPS) is 9.57. The monoisotopic (exact) mass is 102 g/mol. The lowest BCUT2D eigenvalue weighted by Gasteiger charge is -2.01. The fourth-order valence-electron chi connectivity index (χ4n) is 0.226. The summed E-state index contributed by atoms with van der Waals surface area (Å²) in [5.41, 5.74) is 0. The number of rotatable bonds is 3. The summed E-state index contributed by atoms with van der Waals surface area (Å²) in [5, 5.41) is 0.986. The minimum absolute atomic E-state index is 0.627. The van der Waals surface area contributed by atoms with Gasteiger partial charge in [0.25, 0.3) is 0 Å². The molecule has 2 nitrogen and oxygen atoms in total. The highest BCUT2D eigenvalue weighted by Gasteiger charge is 1.84. The van der Waals surface area contributed by atoms with E-state index >= 15 is 0 Å². The Bertz CT molecular complexity index is 52.0. The van der Waals surface area contributed by atoms with Gasteiger partial charge in [0.1, 0.15) is 6.61 Å². The van der Waals surface area contributed by atoms with Crippen molar-refractivity contribution in [3.05, 3.63) is 12.7 Å². The summed E-state index contributed by atoms with van der Waals surface area (Å²) in [5.74, 6) is 0. The van der Waals surface area contributed by atoms with Gasteiger partial charge in [0.05, 0.1) is 14.1 Å². The number of hydroxylamine groups is 2. The van der Waals surface area contributed by atoms with Crippen molar-refractivity contribution < 1.29 is 9.90 Å². The van der Waals surface area contributed by atoms with E-state index < -0.39 is 0 Å². The van der Waals surface area contributed by atoms with Crippen molar-refractivity contribution in [1.82, 2.24) is 0 Å². The summed E-state index contributed by atoms with van der Waals surface area (Å²) < 4.78 is 0. The first-order chi connectivity index (χ1) is 3.27. The molecule has 0 aliphatic heterocycles. The predicted molar refractivity (Wildman–Crippen MR) is 29.0 cm³/mol. The van der Waals surface area contributed by atoms with Gasteiger partial charge in [-0.2, -0.15) is 5.06 Å². The van der Waals surface area contributed by atoms with E-state index in [0.717, 1.165) is 5.06 Å². The van der Waals surface area contributed by atoms with Crippen LogP contribution < -0.4 is 5.06 Å². The molecule has 0 spiro atoms. The number of nitrogens with one attached hydrogen (secondary N) is 1. The third-order valence-corrected chi connectivity index (χ3v) is 0.490. The molecule has 42 valence electrons. The molecule has 0 amide bonds. The Kier molecular flexibility index (Phi) is 3.65. The largest absolute Gasteiger partial charge is 0.201 e. The molecule has 0 bridgehead atoms. The fourth-order valence-corrected chi connectivity index (χ4v) is 0.226. The van der Waals surface area contributed by atoms with E-state index in [1.165, 1.54) is 0 Å². The molecular weight excluding hydrogens is 90.1 g/mol. The van der Waals surface area contributed by atoms with Gasteiger partial charge in [-0.3, -0.25) is 0 Å². The minimum Gasteiger partial charge on any atom is -0.201 e. The van der Waals surface area contributed by atoms with E-state index in [-0.39, 0.29) is 0 Å². The smallest absolute Gasteiger partial charge is 0.124 e. The Hall–Kier alpha value is -0.340. The molecule has 2 heteroatoms. The van der Waals surface area contributed by atoms with Crippen LogP contribution in [-0.2, 0) is 4.84 Å². The fraction of sp³-hybridized carbons (Fsp3) is 0.600. The van der Waals surface area contributed by atoms with Crippen LogP contribution in [0, 0.1) is 0 Å². The lowest BCUT2D eigenvalue weighted by Crippen LogP contribution is -3.04. The maximum atomic E-state index is 4.99. The van der Waals surface area contributed by atoms with Crippen molar-refractivity contribution >= 4 is 0 Å². The molecule has 7 heavy (non-hydrogen) atoms. The van der Waals surface area contributed by atoms with Crippen molar-refractivity contribution in [3.63, 3.8) is 0 Å². The van der Waals surface area contributed by atoms with Crippen molar-refractivity contribution in [2.75, 3.05) is 20.7 Å². The zero-order chi connectivity index (χ0) is 5.70. The van der Waals surface area contributed by atoms with Gasteiger partial charge in [0.15, 0.2) is 0 Å². The van der Waals surface area contributed by atoms with Crippen molar-refractivity contribution in [1.29, 1.82) is 0 Å². The Morgan fingerprint density at radius 3 is 2.43 bits per heavy atom. The lowest BCUT2D eigenvalue weighted by molar-refractivity contribution is -1.06. The van der Waals surface area contributed by atoms with E-state index in [0.29, 0.717) is 6.61 Å². The topological polar surface area (TPSA) is 13.7 Å². The second-order valence-electron chi connectivity index (χ2n) is 1.51. The molecule has 0 unspecified atom stereocenters. The average Bonchev–Trinajstić information content (AvgIpc) is 1.61. The zero-order valence-corrected chi connectivity index (χ0v) is 4.90. The van der Waals surface area contributed by atoms with Gasteiger partial charge < -0.3 is 0 Å². The van der Waals surface area contributed by atoms with E-state index in [1.807, 2.05) is 14.1 Å². The molecule has 1 N–H and O–H groups in total. The van der Waals surface area contributed by atoms with E-state index in [9.17, 15) is 0 Å². The van der Waals surface area contributed by atoms with Crippen LogP contribution in [0.5, 0.6) is 0 Å². The molecular formula is C5H12NO+. The molecule has 0 aliphatic carbocycles. The first-order valence-electron chi connectivity index (χ1n) is 2.31. The molecule has 0 aromatic carbocycles. The first kappa shape index (κ1) is 6.66. The quantitative estimate of drug-likeness (QED) is 0.365. The summed E-state index contributed by atoms with van der Waals surface area (Å²) in [7, 11) is 3.84. The van der Waals surface area contributed by atoms with E-state index in [1.54, 1.807) is 6.08 Å². The zero-order valence-electron chi connectivity index (χ0n) is 4.90. The minimum atomic E-state index is 0.627. The Morgan fingerprint density at radius 1 is 1.71 bits per heavy atom. The van der Waals surface area contributed by atoms with Crippen LogP contribution in [0.4, 0.5) is 0 Å². The van der Waals surface area contributed by atoms with Gasteiger partial charge in [0, 0.05) is 0 Å². The second kappa shape index (κ2) is 3.84. The molecule has 0 aromatic rings. The third kappa shape index (κ3) is 5.66. The molecule has 0 saturated carbocycles. The molecule has 0 heterocycles. The van der Waals surface area contributed by atoms with Crippen molar-refractivity contribution in [3.8, 4) is 0 Å². The van der Waals surface area contributed by atoms with Crippen LogP contribution in [0.1, 0.15) is 0 Å². The van der Waals surface area contributed by atoms with Crippen LogP contribution in [0.3, 0.4) is 0 Å². The Balaban J connectivity index is 2.81. The summed E-state index contributed by atoms with van der Waals surface area (Å²) >= 11 is 0. The molecule has 0 saturated heterocycles. The highest BCUT2D eigenvalue weighted by Crippen LogP contribution is 1.57. The predicted octanol–water partition coefficient (Wildman–Crippen LogP) is -0.751. The number of quaternary nitrogens is 1. The molecule has 0 atom stereocenters. The van der Waals surface area contributed by atoms with Crippen LogP contribution in [-0.4, -0.2) is 20.7 Å². The average molecular weight is 102 g/mol. The van der Waals surface area contributed by atoms with Gasteiger partial charge in [-0.05, 0) is 0 Å². The van der Waals surface area contributed by atoms with Gasteiger partial charge in [0.2, 0.25) is 0 Å². The second-order valence-corrected chi connectivity index (χ2v) is 1.51. The van der Waals surface area contributed by atoms with Crippen LogP contribution >= 0.6 is 0 Å². The molecule has 0 radical (unpaired) electrons. The Labute approximate surface area is 44.3 Å². The summed E-state index contributed by atoms with van der Waals surface area (Å²) in [6.45, 7) is 4.12. The highest BCUT2D eigenvalue weighted by atomic mass is 16.7. The molecule has 0 aromatic heterocycles. The van der Waals surface area contributed by atoms with Crippen LogP contribution in [0.25, 0.3) is 0 Å². The van der Waals surface area contributed by atoms with Gasteiger partial charge in [-0.1, -0.05) is 6.08 Å². The highest BCUT2D eigenvalue weighted by molar-refractivity contribution is 4.61. The van der Waals surface area contributed by atoms with E-state index in [2.05, 4.69) is 6.58 Å². The van der Waals surface area contributed by atoms with Gasteiger partial charge in [-0.25, -0.2) is 4.84 Å². The molecule has 0 fully saturated rings. The van der Waals surface area contributed by atoms with Crippen LogP contribution in [0.2, 0.25) is 0 Å². The summed E-state index contributed by atoms with van der Waals surface area (Å²) in [4.78, 5) is 4.99. The molecule has 0 aliphatic rings. The Morgan fingerprint density at radius 2 is 2.29 bits per heavy atom. The van der Waals surface area contributed by atoms with Crippen molar-refractivity contribution in [2.24, 2.45) is 0 Å². The summed E-state index contributed by atoms with van der Waals surface area (Å²) in [6.07, 6.45) is 1.73. The third-order valence-electron chi connectivity index (χ3n) is 0.490. The molecule has 0 rings (SSSR count). The maximum Gasteiger partial charge on any atom is 0.124 e. The lowest BCUT2D eigenvalue weighted by atomic mass is 10.7. The maximum absolute atomic E-state index is 4.99. The summed E-state index contributed by atoms with van der Waals surface area (Å²) in [6, 6.07) is 0. The van der Waals surface area contributed by atoms with Crippen LogP contribution in [0.15, 0.2) is 12.7 Å². The van der Waals surface area contributed by atoms with Gasteiger partial charge >= 0.3 is 0 Å². The number of hydrogen-bond acceptors (Lipinski definition) is 1. The van der Waals surface area contributed by atoms with Crippen molar-refractivity contribution in [2.45, 2.75) is 0 Å².